The first-order valence-corrected chi connectivity index (χ1v) is 6.35. The number of ether oxygens (including phenoxy) is 3. The maximum Gasteiger partial charge on any atom is 0.302 e. The number of aliphatic hydroxyl groups excluding tert-OH is 1. The zero-order chi connectivity index (χ0) is 13.4. The van der Waals surface area contributed by atoms with Crippen molar-refractivity contribution in [2.75, 3.05) is 20.0 Å². The molecule has 0 bridgehead atoms. The number of carbonyl (C=O) groups is 1. The molecule has 3 atom stereocenters. The summed E-state index contributed by atoms with van der Waals surface area (Å²) in [4.78, 5) is 10.9. The predicted molar refractivity (Wildman–Crippen MR) is 66.0 cm³/mol. The summed E-state index contributed by atoms with van der Waals surface area (Å²) in [6.07, 6.45) is 0. The minimum Gasteiger partial charge on any atom is -0.466 e. The van der Waals surface area contributed by atoms with Crippen LogP contribution in [0.1, 0.15) is 18.4 Å². The first-order valence-electron chi connectivity index (χ1n) is 6.35. The fraction of sp³-hybridized carbons (Fsp3) is 0.500. The second-order valence-electron chi connectivity index (χ2n) is 4.92. The Bertz CT molecular complexity index is 499. The fourth-order valence-corrected chi connectivity index (χ4v) is 2.81. The number of hydrogen-bond donors (Lipinski definition) is 1. The zero-order valence-corrected chi connectivity index (χ0v) is 10.7. The predicted octanol–water partition coefficient (Wildman–Crippen LogP) is 1.30. The third-order valence-corrected chi connectivity index (χ3v) is 3.81. The molecule has 1 saturated carbocycles. The van der Waals surface area contributed by atoms with Gasteiger partial charge in [-0.3, -0.25) is 4.79 Å². The van der Waals surface area contributed by atoms with Crippen molar-refractivity contribution in [1.82, 2.24) is 0 Å². The summed E-state index contributed by atoms with van der Waals surface area (Å²) in [7, 11) is 0. The Labute approximate surface area is 111 Å². The van der Waals surface area contributed by atoms with Gasteiger partial charge in [-0.05, 0) is 17.9 Å². The topological polar surface area (TPSA) is 65.0 Å². The van der Waals surface area contributed by atoms with Crippen LogP contribution in [0.2, 0.25) is 0 Å². The lowest BCUT2D eigenvalue weighted by atomic mass is 10.1. The van der Waals surface area contributed by atoms with Crippen LogP contribution in [0, 0.1) is 11.8 Å². The lowest BCUT2D eigenvalue weighted by Crippen LogP contribution is -2.04. The summed E-state index contributed by atoms with van der Waals surface area (Å²) in [5.74, 6) is 1.66. The van der Waals surface area contributed by atoms with Gasteiger partial charge in [0.05, 0.1) is 6.61 Å². The van der Waals surface area contributed by atoms with E-state index in [1.54, 1.807) is 0 Å². The summed E-state index contributed by atoms with van der Waals surface area (Å²) in [5, 5.41) is 9.41. The molecule has 1 heterocycles. The van der Waals surface area contributed by atoms with E-state index in [1.165, 1.54) is 6.92 Å². The van der Waals surface area contributed by atoms with Crippen molar-refractivity contribution in [2.24, 2.45) is 11.8 Å². The Morgan fingerprint density at radius 3 is 3.00 bits per heavy atom. The molecule has 1 fully saturated rings. The number of benzene rings is 1. The molecule has 5 heteroatoms. The zero-order valence-electron chi connectivity index (χ0n) is 10.7. The van der Waals surface area contributed by atoms with Gasteiger partial charge in [-0.25, -0.2) is 0 Å². The minimum atomic E-state index is -0.291. The van der Waals surface area contributed by atoms with Crippen molar-refractivity contribution in [2.45, 2.75) is 12.8 Å². The van der Waals surface area contributed by atoms with Gasteiger partial charge in [-0.2, -0.15) is 0 Å². The standard InChI is InChI=1S/C14H16O5/c1-8(16)17-6-11-10(5-15)13(11)9-3-2-4-12-14(9)19-7-18-12/h2-4,10-11,13,15H,5-7H2,1H3/t10-,11+,13+/m0/s1. The van der Waals surface area contributed by atoms with Gasteiger partial charge in [0.2, 0.25) is 6.79 Å². The molecule has 0 saturated heterocycles. The molecule has 1 aliphatic carbocycles. The summed E-state index contributed by atoms with van der Waals surface area (Å²) in [6.45, 7) is 2.05. The van der Waals surface area contributed by atoms with Crippen molar-refractivity contribution in [3.8, 4) is 11.5 Å². The van der Waals surface area contributed by atoms with Crippen molar-refractivity contribution in [3.05, 3.63) is 23.8 Å². The van der Waals surface area contributed by atoms with Gasteiger partial charge in [-0.15, -0.1) is 0 Å². The molecule has 1 aromatic rings. The van der Waals surface area contributed by atoms with Crippen LogP contribution in [0.25, 0.3) is 0 Å². The molecule has 0 amide bonds. The quantitative estimate of drug-likeness (QED) is 0.830. The molecule has 102 valence electrons. The maximum atomic E-state index is 10.9. The highest BCUT2D eigenvalue weighted by molar-refractivity contribution is 5.66. The van der Waals surface area contributed by atoms with Crippen molar-refractivity contribution >= 4 is 5.97 Å². The van der Waals surface area contributed by atoms with Gasteiger partial charge < -0.3 is 19.3 Å². The second-order valence-corrected chi connectivity index (χ2v) is 4.92. The number of aliphatic hydroxyl groups is 1. The van der Waals surface area contributed by atoms with Crippen molar-refractivity contribution in [3.63, 3.8) is 0 Å². The number of hydrogen-bond acceptors (Lipinski definition) is 5. The van der Waals surface area contributed by atoms with Gasteiger partial charge in [0.25, 0.3) is 0 Å². The normalized spacial score (nSPS) is 27.2. The summed E-state index contributed by atoms with van der Waals surface area (Å²) >= 11 is 0. The van der Waals surface area contributed by atoms with E-state index >= 15 is 0 Å². The van der Waals surface area contributed by atoms with Crippen LogP contribution < -0.4 is 9.47 Å². The Balaban J connectivity index is 1.79. The molecule has 0 unspecified atom stereocenters. The van der Waals surface area contributed by atoms with Crippen LogP contribution in [0.5, 0.6) is 11.5 Å². The van der Waals surface area contributed by atoms with E-state index in [-0.39, 0.29) is 37.1 Å². The average molecular weight is 264 g/mol. The highest BCUT2D eigenvalue weighted by Crippen LogP contribution is 2.57. The van der Waals surface area contributed by atoms with Gasteiger partial charge in [0.15, 0.2) is 11.5 Å². The number of para-hydroxylation sites is 1. The monoisotopic (exact) mass is 264 g/mol. The van der Waals surface area contributed by atoms with Crippen LogP contribution in [0.15, 0.2) is 18.2 Å². The third kappa shape index (κ3) is 2.14. The van der Waals surface area contributed by atoms with Crippen LogP contribution in [0.4, 0.5) is 0 Å². The van der Waals surface area contributed by atoms with Crippen molar-refractivity contribution < 1.29 is 24.1 Å². The summed E-state index contributed by atoms with van der Waals surface area (Å²) in [5.41, 5.74) is 1.03. The average Bonchev–Trinajstić information content (AvgIpc) is 2.88. The van der Waals surface area contributed by atoms with Gasteiger partial charge in [0.1, 0.15) is 0 Å². The first-order chi connectivity index (χ1) is 9.22. The molecular weight excluding hydrogens is 248 g/mol. The molecule has 1 N–H and O–H groups in total. The largest absolute Gasteiger partial charge is 0.466 e. The molecule has 5 nitrogen and oxygen atoms in total. The molecule has 2 aliphatic rings. The Morgan fingerprint density at radius 2 is 2.26 bits per heavy atom. The molecule has 19 heavy (non-hydrogen) atoms. The van der Waals surface area contributed by atoms with E-state index in [9.17, 15) is 9.90 Å². The van der Waals surface area contributed by atoms with Crippen LogP contribution in [0.3, 0.4) is 0 Å². The van der Waals surface area contributed by atoms with Crippen LogP contribution in [-0.4, -0.2) is 31.1 Å². The van der Waals surface area contributed by atoms with Gasteiger partial charge in [-0.1, -0.05) is 12.1 Å². The van der Waals surface area contributed by atoms with Gasteiger partial charge >= 0.3 is 5.97 Å². The number of esters is 1. The molecule has 0 radical (unpaired) electrons. The van der Waals surface area contributed by atoms with Crippen molar-refractivity contribution in [1.29, 1.82) is 0 Å². The molecule has 1 aromatic carbocycles. The lowest BCUT2D eigenvalue weighted by molar-refractivity contribution is -0.141. The highest BCUT2D eigenvalue weighted by Gasteiger charge is 2.52. The third-order valence-electron chi connectivity index (χ3n) is 3.81. The smallest absolute Gasteiger partial charge is 0.302 e. The molecule has 0 aromatic heterocycles. The SMILES string of the molecule is CC(=O)OC[C@@H]1[C@H](CO)[C@H]1c1cccc2c1OCO2. The van der Waals surface area contributed by atoms with Crippen LogP contribution in [-0.2, 0) is 9.53 Å². The number of rotatable bonds is 4. The van der Waals surface area contributed by atoms with E-state index in [0.29, 0.717) is 6.61 Å². The van der Waals surface area contributed by atoms with E-state index in [0.717, 1.165) is 17.1 Å². The van der Waals surface area contributed by atoms with E-state index < -0.39 is 0 Å². The maximum absolute atomic E-state index is 10.9. The molecule has 1 aliphatic heterocycles. The fourth-order valence-electron chi connectivity index (χ4n) is 2.81. The van der Waals surface area contributed by atoms with E-state index in [2.05, 4.69) is 0 Å². The van der Waals surface area contributed by atoms with Crippen LogP contribution >= 0.6 is 0 Å². The first kappa shape index (κ1) is 12.3. The number of fused-ring (bicyclic) bond motifs is 1. The molecular formula is C14H16O5. The minimum absolute atomic E-state index is 0.0844. The Kier molecular flexibility index (Phi) is 3.06. The second kappa shape index (κ2) is 4.74. The van der Waals surface area contributed by atoms with E-state index in [1.807, 2.05) is 18.2 Å². The lowest BCUT2D eigenvalue weighted by Gasteiger charge is -2.05. The molecule has 0 spiro atoms. The number of carbonyl (C=O) groups excluding carboxylic acids is 1. The highest BCUT2D eigenvalue weighted by atomic mass is 16.7. The van der Waals surface area contributed by atoms with E-state index in [4.69, 9.17) is 14.2 Å². The van der Waals surface area contributed by atoms with Gasteiger partial charge in [0, 0.05) is 25.0 Å². The molecule has 3 rings (SSSR count). The Morgan fingerprint density at radius 1 is 1.42 bits per heavy atom. The Hall–Kier alpha value is -1.75. The summed E-state index contributed by atoms with van der Waals surface area (Å²) in [6, 6.07) is 5.76. The summed E-state index contributed by atoms with van der Waals surface area (Å²) < 4.78 is 15.9.